The molecule has 1 aliphatic carbocycles. The zero-order valence-electron chi connectivity index (χ0n) is 13.6. The molecule has 3 rings (SSSR count). The van der Waals surface area contributed by atoms with Crippen molar-refractivity contribution in [3.05, 3.63) is 39.8 Å². The molecule has 122 valence electrons. The molecule has 5 heteroatoms. The average Bonchev–Trinajstić information content (AvgIpc) is 2.88. The maximum atomic E-state index is 13.1. The van der Waals surface area contributed by atoms with Crippen molar-refractivity contribution in [3.63, 3.8) is 0 Å². The van der Waals surface area contributed by atoms with Crippen molar-refractivity contribution in [2.24, 2.45) is 5.92 Å². The van der Waals surface area contributed by atoms with Crippen LogP contribution in [0.4, 0.5) is 5.00 Å². The molecule has 4 nitrogen and oxygen atoms in total. The van der Waals surface area contributed by atoms with Crippen molar-refractivity contribution >= 4 is 22.1 Å². The van der Waals surface area contributed by atoms with Crippen LogP contribution >= 0.6 is 11.3 Å². The summed E-state index contributed by atoms with van der Waals surface area (Å²) >= 11 is 1.55. The van der Waals surface area contributed by atoms with Crippen LogP contribution in [0.1, 0.15) is 39.7 Å². The highest BCUT2D eigenvalue weighted by atomic mass is 32.1. The highest BCUT2D eigenvalue weighted by Crippen LogP contribution is 2.41. The lowest BCUT2D eigenvalue weighted by atomic mass is 9.86. The number of anilines is 1. The average molecular weight is 331 g/mol. The highest BCUT2D eigenvalue weighted by molar-refractivity contribution is 7.16. The van der Waals surface area contributed by atoms with Crippen molar-refractivity contribution in [1.29, 1.82) is 0 Å². The Morgan fingerprint density at radius 3 is 2.78 bits per heavy atom. The van der Waals surface area contributed by atoms with Crippen molar-refractivity contribution in [2.45, 2.75) is 26.2 Å². The van der Waals surface area contributed by atoms with Crippen molar-refractivity contribution in [3.8, 4) is 11.5 Å². The van der Waals surface area contributed by atoms with Crippen LogP contribution < -0.4 is 15.2 Å². The Bertz CT molecular complexity index is 751. The van der Waals surface area contributed by atoms with Gasteiger partial charge in [-0.25, -0.2) is 0 Å². The minimum atomic E-state index is -0.0784. The third-order valence-corrected chi connectivity index (χ3v) is 5.50. The topological polar surface area (TPSA) is 61.5 Å². The van der Waals surface area contributed by atoms with Gasteiger partial charge in [0.15, 0.2) is 17.3 Å². The Hall–Kier alpha value is -2.01. The quantitative estimate of drug-likeness (QED) is 0.868. The summed E-state index contributed by atoms with van der Waals surface area (Å²) in [5.41, 5.74) is 8.47. The molecule has 0 saturated carbocycles. The molecule has 2 aromatic rings. The third-order valence-electron chi connectivity index (χ3n) is 4.41. The van der Waals surface area contributed by atoms with Gasteiger partial charge in [-0.05, 0) is 42.9 Å². The molecule has 23 heavy (non-hydrogen) atoms. The lowest BCUT2D eigenvalue weighted by Gasteiger charge is -2.19. The summed E-state index contributed by atoms with van der Waals surface area (Å²) in [6.45, 7) is 2.24. The Morgan fingerprint density at radius 2 is 2.09 bits per heavy atom. The minimum Gasteiger partial charge on any atom is -0.493 e. The van der Waals surface area contributed by atoms with E-state index in [0.717, 1.165) is 24.8 Å². The van der Waals surface area contributed by atoms with E-state index in [0.29, 0.717) is 33.5 Å². The van der Waals surface area contributed by atoms with E-state index in [4.69, 9.17) is 15.2 Å². The largest absolute Gasteiger partial charge is 0.493 e. The Balaban J connectivity index is 2.09. The second kappa shape index (κ2) is 6.24. The fourth-order valence-corrected chi connectivity index (χ4v) is 4.50. The number of para-hydroxylation sites is 1. The molecule has 1 aromatic heterocycles. The fraction of sp³-hybridized carbons (Fsp3) is 0.389. The van der Waals surface area contributed by atoms with Gasteiger partial charge < -0.3 is 15.2 Å². The van der Waals surface area contributed by atoms with Gasteiger partial charge in [-0.1, -0.05) is 13.0 Å². The molecule has 0 bridgehead atoms. The Morgan fingerprint density at radius 1 is 1.30 bits per heavy atom. The van der Waals surface area contributed by atoms with E-state index in [9.17, 15) is 4.79 Å². The maximum absolute atomic E-state index is 13.1. The molecule has 1 aliphatic rings. The number of thiophene rings is 1. The Labute approximate surface area is 140 Å². The van der Waals surface area contributed by atoms with E-state index < -0.39 is 0 Å². The van der Waals surface area contributed by atoms with E-state index in [1.54, 1.807) is 43.8 Å². The van der Waals surface area contributed by atoms with E-state index in [-0.39, 0.29) is 5.78 Å². The van der Waals surface area contributed by atoms with Crippen molar-refractivity contribution in [2.75, 3.05) is 20.0 Å². The number of carbonyl (C=O) groups excluding carboxylic acids is 1. The standard InChI is InChI=1S/C18H21NO3S/c1-10-7-8-11-14(9-10)23-18(19)15(11)16(20)12-5-4-6-13(21-2)17(12)22-3/h4-6,10H,7-9,19H2,1-3H3/t10-/m1/s1. The lowest BCUT2D eigenvalue weighted by Crippen LogP contribution is -2.13. The van der Waals surface area contributed by atoms with Crippen LogP contribution in [0.15, 0.2) is 18.2 Å². The van der Waals surface area contributed by atoms with Crippen LogP contribution in [0.2, 0.25) is 0 Å². The van der Waals surface area contributed by atoms with Crippen molar-refractivity contribution in [1.82, 2.24) is 0 Å². The molecule has 0 radical (unpaired) electrons. The monoisotopic (exact) mass is 331 g/mol. The summed E-state index contributed by atoms with van der Waals surface area (Å²) in [5, 5.41) is 0.610. The zero-order chi connectivity index (χ0) is 16.6. The van der Waals surface area contributed by atoms with Gasteiger partial charge >= 0.3 is 0 Å². The SMILES string of the molecule is COc1cccc(C(=O)c2c(N)sc3c2CC[C@@H](C)C3)c1OC. The second-order valence-electron chi connectivity index (χ2n) is 5.96. The number of ether oxygens (including phenoxy) is 2. The van der Waals surface area contributed by atoms with Crippen LogP contribution in [-0.4, -0.2) is 20.0 Å². The number of hydrogen-bond acceptors (Lipinski definition) is 5. The highest BCUT2D eigenvalue weighted by Gasteiger charge is 2.29. The first-order chi connectivity index (χ1) is 11.1. The van der Waals surface area contributed by atoms with Crippen LogP contribution in [0.3, 0.4) is 0 Å². The zero-order valence-corrected chi connectivity index (χ0v) is 14.5. The number of fused-ring (bicyclic) bond motifs is 1. The molecule has 0 saturated heterocycles. The fourth-order valence-electron chi connectivity index (χ4n) is 3.22. The molecule has 1 atom stereocenters. The van der Waals surface area contributed by atoms with Gasteiger partial charge in [-0.3, -0.25) is 4.79 Å². The van der Waals surface area contributed by atoms with Gasteiger partial charge in [0, 0.05) is 4.88 Å². The number of benzene rings is 1. The molecule has 0 fully saturated rings. The predicted octanol–water partition coefficient (Wildman–Crippen LogP) is 3.70. The molecule has 2 N–H and O–H groups in total. The number of methoxy groups -OCH3 is 2. The maximum Gasteiger partial charge on any atom is 0.200 e. The first kappa shape index (κ1) is 15.9. The van der Waals surface area contributed by atoms with Crippen molar-refractivity contribution < 1.29 is 14.3 Å². The van der Waals surface area contributed by atoms with E-state index in [1.807, 2.05) is 0 Å². The summed E-state index contributed by atoms with van der Waals surface area (Å²) in [5.74, 6) is 1.58. The smallest absolute Gasteiger partial charge is 0.200 e. The molecular formula is C18H21NO3S. The van der Waals surface area contributed by atoms with Gasteiger partial charge in [-0.15, -0.1) is 11.3 Å². The molecule has 0 aliphatic heterocycles. The molecular weight excluding hydrogens is 310 g/mol. The van der Waals surface area contributed by atoms with Gasteiger partial charge in [0.05, 0.1) is 30.3 Å². The lowest BCUT2D eigenvalue weighted by molar-refractivity contribution is 0.103. The van der Waals surface area contributed by atoms with Gasteiger partial charge in [0.25, 0.3) is 0 Å². The summed E-state index contributed by atoms with van der Waals surface area (Å²) < 4.78 is 10.7. The number of nitrogen functional groups attached to an aromatic ring is 1. The summed E-state index contributed by atoms with van der Waals surface area (Å²) in [7, 11) is 3.11. The summed E-state index contributed by atoms with van der Waals surface area (Å²) in [4.78, 5) is 14.4. The Kier molecular flexibility index (Phi) is 4.31. The van der Waals surface area contributed by atoms with Crippen LogP contribution in [0.5, 0.6) is 11.5 Å². The molecule has 0 unspecified atom stereocenters. The predicted molar refractivity (Wildman–Crippen MR) is 92.9 cm³/mol. The number of rotatable bonds is 4. The minimum absolute atomic E-state index is 0.0784. The number of carbonyl (C=O) groups is 1. The second-order valence-corrected chi connectivity index (χ2v) is 7.10. The van der Waals surface area contributed by atoms with E-state index in [1.165, 1.54) is 4.88 Å². The van der Waals surface area contributed by atoms with E-state index in [2.05, 4.69) is 6.92 Å². The van der Waals surface area contributed by atoms with Gasteiger partial charge in [0.1, 0.15) is 0 Å². The number of ketones is 1. The van der Waals surface area contributed by atoms with E-state index >= 15 is 0 Å². The first-order valence-electron chi connectivity index (χ1n) is 7.72. The molecule has 1 aromatic carbocycles. The molecule has 1 heterocycles. The van der Waals surface area contributed by atoms with Crippen LogP contribution in [0, 0.1) is 5.92 Å². The summed E-state index contributed by atoms with van der Waals surface area (Å²) in [6.07, 6.45) is 3.02. The van der Waals surface area contributed by atoms with Gasteiger partial charge in [0.2, 0.25) is 0 Å². The van der Waals surface area contributed by atoms with Crippen LogP contribution in [-0.2, 0) is 12.8 Å². The normalized spacial score (nSPS) is 16.7. The van der Waals surface area contributed by atoms with Gasteiger partial charge in [-0.2, -0.15) is 0 Å². The molecule has 0 amide bonds. The molecule has 0 spiro atoms. The third kappa shape index (κ3) is 2.70. The van der Waals surface area contributed by atoms with Crippen LogP contribution in [0.25, 0.3) is 0 Å². The number of hydrogen-bond donors (Lipinski definition) is 1. The number of nitrogens with two attached hydrogens (primary N) is 1. The summed E-state index contributed by atoms with van der Waals surface area (Å²) in [6, 6.07) is 5.34. The first-order valence-corrected chi connectivity index (χ1v) is 8.54.